The highest BCUT2D eigenvalue weighted by Gasteiger charge is 2.11. The molecule has 108 valence electrons. The summed E-state index contributed by atoms with van der Waals surface area (Å²) in [5.74, 6) is 1.60. The van der Waals surface area contributed by atoms with Crippen LogP contribution in [0.15, 0.2) is 47.1 Å². The fourth-order valence-corrected chi connectivity index (χ4v) is 2.54. The van der Waals surface area contributed by atoms with Gasteiger partial charge >= 0.3 is 0 Å². The topological polar surface area (TPSA) is 93.6 Å². The lowest BCUT2D eigenvalue weighted by molar-refractivity contribution is 0.394. The molecule has 3 heterocycles. The van der Waals surface area contributed by atoms with Crippen molar-refractivity contribution in [2.45, 2.75) is 6.92 Å². The SMILES string of the molecule is Cc1nc(-c2cccc(-c3cc(N)nc4[nH]ccc34)c2)no1. The van der Waals surface area contributed by atoms with E-state index in [0.717, 1.165) is 27.7 Å². The zero-order valence-electron chi connectivity index (χ0n) is 11.9. The van der Waals surface area contributed by atoms with Crippen LogP contribution < -0.4 is 5.73 Å². The third-order valence-corrected chi connectivity index (χ3v) is 3.51. The minimum Gasteiger partial charge on any atom is -0.384 e. The van der Waals surface area contributed by atoms with Crippen molar-refractivity contribution in [3.63, 3.8) is 0 Å². The van der Waals surface area contributed by atoms with Gasteiger partial charge in [-0.1, -0.05) is 23.4 Å². The Balaban J connectivity index is 1.90. The molecule has 0 aliphatic rings. The first-order valence-electron chi connectivity index (χ1n) is 6.85. The normalized spacial score (nSPS) is 11.1. The molecule has 0 aliphatic heterocycles. The zero-order chi connectivity index (χ0) is 15.1. The van der Waals surface area contributed by atoms with Crippen LogP contribution in [-0.2, 0) is 0 Å². The average Bonchev–Trinajstić information content (AvgIpc) is 3.15. The van der Waals surface area contributed by atoms with Gasteiger partial charge in [0.2, 0.25) is 11.7 Å². The lowest BCUT2D eigenvalue weighted by atomic mass is 10.0. The summed E-state index contributed by atoms with van der Waals surface area (Å²) >= 11 is 0. The van der Waals surface area contributed by atoms with Gasteiger partial charge in [-0.2, -0.15) is 4.98 Å². The number of benzene rings is 1. The second-order valence-corrected chi connectivity index (χ2v) is 5.05. The molecule has 1 aromatic carbocycles. The predicted octanol–water partition coefficient (Wildman–Crippen LogP) is 3.17. The molecule has 0 amide bonds. The fourth-order valence-electron chi connectivity index (χ4n) is 2.54. The fraction of sp³-hybridized carbons (Fsp3) is 0.0625. The Hall–Kier alpha value is -3.15. The summed E-state index contributed by atoms with van der Waals surface area (Å²) in [7, 11) is 0. The van der Waals surface area contributed by atoms with Gasteiger partial charge in [-0.15, -0.1) is 0 Å². The van der Waals surface area contributed by atoms with Crippen LogP contribution in [0.4, 0.5) is 5.82 Å². The number of nitrogens with zero attached hydrogens (tertiary/aromatic N) is 3. The molecule has 6 heteroatoms. The van der Waals surface area contributed by atoms with Crippen LogP contribution >= 0.6 is 0 Å². The number of aromatic amines is 1. The van der Waals surface area contributed by atoms with E-state index in [2.05, 4.69) is 20.1 Å². The first-order chi connectivity index (χ1) is 10.7. The van der Waals surface area contributed by atoms with E-state index in [1.165, 1.54) is 0 Å². The number of hydrogen-bond acceptors (Lipinski definition) is 5. The molecule has 0 saturated heterocycles. The molecule has 4 rings (SSSR count). The number of anilines is 1. The van der Waals surface area contributed by atoms with E-state index in [-0.39, 0.29) is 0 Å². The molecule has 0 unspecified atom stereocenters. The largest absolute Gasteiger partial charge is 0.384 e. The standard InChI is InChI=1S/C16H13N5O/c1-9-19-15(21-22-9)11-4-2-3-10(7-11)13-8-14(17)20-16-12(13)5-6-18-16/h2-8H,1H3,(H3,17,18,20). The first-order valence-corrected chi connectivity index (χ1v) is 6.85. The van der Waals surface area contributed by atoms with Gasteiger partial charge in [-0.05, 0) is 29.3 Å². The van der Waals surface area contributed by atoms with E-state index >= 15 is 0 Å². The van der Waals surface area contributed by atoms with Crippen molar-refractivity contribution in [3.05, 3.63) is 48.5 Å². The number of H-pyrrole nitrogens is 1. The highest BCUT2D eigenvalue weighted by Crippen LogP contribution is 2.31. The van der Waals surface area contributed by atoms with Gasteiger partial charge in [0.1, 0.15) is 11.5 Å². The minimum absolute atomic E-state index is 0.478. The number of fused-ring (bicyclic) bond motifs is 1. The maximum absolute atomic E-state index is 5.90. The van der Waals surface area contributed by atoms with Gasteiger partial charge in [-0.3, -0.25) is 0 Å². The molecule has 6 nitrogen and oxygen atoms in total. The maximum atomic E-state index is 5.90. The molecule has 3 aromatic heterocycles. The van der Waals surface area contributed by atoms with Gasteiger partial charge in [0, 0.05) is 24.1 Å². The van der Waals surface area contributed by atoms with Crippen molar-refractivity contribution >= 4 is 16.9 Å². The summed E-state index contributed by atoms with van der Waals surface area (Å²) in [6.07, 6.45) is 1.85. The number of nitrogens with one attached hydrogen (secondary N) is 1. The van der Waals surface area contributed by atoms with E-state index in [9.17, 15) is 0 Å². The molecule has 0 radical (unpaired) electrons. The van der Waals surface area contributed by atoms with Gasteiger partial charge in [-0.25, -0.2) is 4.98 Å². The van der Waals surface area contributed by atoms with Gasteiger partial charge in [0.15, 0.2) is 0 Å². The van der Waals surface area contributed by atoms with E-state index < -0.39 is 0 Å². The summed E-state index contributed by atoms with van der Waals surface area (Å²) in [5.41, 5.74) is 9.62. The van der Waals surface area contributed by atoms with Crippen molar-refractivity contribution < 1.29 is 4.52 Å². The number of pyridine rings is 1. The lowest BCUT2D eigenvalue weighted by Gasteiger charge is -2.06. The summed E-state index contributed by atoms with van der Waals surface area (Å²) < 4.78 is 5.05. The first kappa shape index (κ1) is 12.6. The van der Waals surface area contributed by atoms with E-state index in [1.807, 2.05) is 42.6 Å². The molecule has 0 bridgehead atoms. The van der Waals surface area contributed by atoms with Crippen LogP contribution in [0.3, 0.4) is 0 Å². The minimum atomic E-state index is 0.478. The van der Waals surface area contributed by atoms with Crippen LogP contribution in [-0.4, -0.2) is 20.1 Å². The Bertz CT molecular complexity index is 970. The Kier molecular flexibility index (Phi) is 2.69. The van der Waals surface area contributed by atoms with Gasteiger partial charge in [0.25, 0.3) is 0 Å². The van der Waals surface area contributed by atoms with Crippen molar-refractivity contribution in [2.24, 2.45) is 0 Å². The molecule has 4 aromatic rings. The number of nitrogens with two attached hydrogens (primary N) is 1. The molecule has 0 fully saturated rings. The van der Waals surface area contributed by atoms with Crippen molar-refractivity contribution in [1.29, 1.82) is 0 Å². The summed E-state index contributed by atoms with van der Waals surface area (Å²) in [5, 5.41) is 4.99. The highest BCUT2D eigenvalue weighted by atomic mass is 16.5. The highest BCUT2D eigenvalue weighted by molar-refractivity contribution is 5.95. The predicted molar refractivity (Wildman–Crippen MR) is 84.0 cm³/mol. The molecule has 0 atom stereocenters. The quantitative estimate of drug-likeness (QED) is 0.591. The van der Waals surface area contributed by atoms with E-state index in [4.69, 9.17) is 10.3 Å². The van der Waals surface area contributed by atoms with Crippen LogP contribution in [0.5, 0.6) is 0 Å². The molecular formula is C16H13N5O. The average molecular weight is 291 g/mol. The van der Waals surface area contributed by atoms with E-state index in [1.54, 1.807) is 6.92 Å². The zero-order valence-corrected chi connectivity index (χ0v) is 11.9. The van der Waals surface area contributed by atoms with Crippen molar-refractivity contribution in [2.75, 3.05) is 5.73 Å². The summed E-state index contributed by atoms with van der Waals surface area (Å²) in [4.78, 5) is 11.6. The molecule has 0 spiro atoms. The second kappa shape index (κ2) is 4.70. The van der Waals surface area contributed by atoms with Gasteiger partial charge in [0.05, 0.1) is 0 Å². The maximum Gasteiger partial charge on any atom is 0.223 e. The summed E-state index contributed by atoms with van der Waals surface area (Å²) in [6, 6.07) is 11.8. The third kappa shape index (κ3) is 2.01. The van der Waals surface area contributed by atoms with E-state index in [0.29, 0.717) is 17.5 Å². The Morgan fingerprint density at radius 2 is 1.95 bits per heavy atom. The molecule has 22 heavy (non-hydrogen) atoms. The van der Waals surface area contributed by atoms with Crippen LogP contribution in [0.2, 0.25) is 0 Å². The second-order valence-electron chi connectivity index (χ2n) is 5.05. The van der Waals surface area contributed by atoms with Crippen LogP contribution in [0.25, 0.3) is 33.5 Å². The van der Waals surface area contributed by atoms with Crippen LogP contribution in [0.1, 0.15) is 5.89 Å². The molecule has 0 aliphatic carbocycles. The number of nitrogen functional groups attached to an aromatic ring is 1. The number of rotatable bonds is 2. The monoisotopic (exact) mass is 291 g/mol. The summed E-state index contributed by atoms with van der Waals surface area (Å²) in [6.45, 7) is 1.77. The number of hydrogen-bond donors (Lipinski definition) is 2. The smallest absolute Gasteiger partial charge is 0.223 e. The molecule has 3 N–H and O–H groups in total. The third-order valence-electron chi connectivity index (χ3n) is 3.51. The number of aryl methyl sites for hydroxylation is 1. The van der Waals surface area contributed by atoms with Crippen molar-refractivity contribution in [1.82, 2.24) is 20.1 Å². The lowest BCUT2D eigenvalue weighted by Crippen LogP contribution is -1.92. The molecular weight excluding hydrogens is 278 g/mol. The Morgan fingerprint density at radius 1 is 1.09 bits per heavy atom. The molecule has 0 saturated carbocycles. The van der Waals surface area contributed by atoms with Crippen molar-refractivity contribution in [3.8, 4) is 22.5 Å². The Morgan fingerprint density at radius 3 is 2.77 bits per heavy atom. The number of aromatic nitrogens is 4. The van der Waals surface area contributed by atoms with Crippen LogP contribution in [0, 0.1) is 6.92 Å². The Labute approximate surface area is 126 Å². The van der Waals surface area contributed by atoms with Gasteiger partial charge < -0.3 is 15.2 Å².